The third-order valence-electron chi connectivity index (χ3n) is 5.22. The lowest BCUT2D eigenvalue weighted by Gasteiger charge is -2.25. The molecule has 3 rings (SSSR count). The normalized spacial score (nSPS) is 16.7. The van der Waals surface area contributed by atoms with E-state index >= 15 is 0 Å². The average molecular weight is 351 g/mol. The first-order valence-corrected chi connectivity index (χ1v) is 9.21. The second kappa shape index (κ2) is 8.13. The van der Waals surface area contributed by atoms with E-state index in [4.69, 9.17) is 5.26 Å². The van der Waals surface area contributed by atoms with E-state index in [-0.39, 0.29) is 11.9 Å². The Kier molecular flexibility index (Phi) is 5.67. The fourth-order valence-electron chi connectivity index (χ4n) is 3.84. The molecule has 1 unspecified atom stereocenters. The highest BCUT2D eigenvalue weighted by Gasteiger charge is 2.29. The van der Waals surface area contributed by atoms with E-state index in [2.05, 4.69) is 16.2 Å². The number of nitrogens with zero attached hydrogens (tertiary/aromatic N) is 5. The van der Waals surface area contributed by atoms with E-state index in [1.807, 2.05) is 35.6 Å². The lowest BCUT2D eigenvalue weighted by atomic mass is 10.0. The fourth-order valence-corrected chi connectivity index (χ4v) is 3.84. The molecule has 1 fully saturated rings. The number of amides is 1. The van der Waals surface area contributed by atoms with Gasteiger partial charge in [0.1, 0.15) is 0 Å². The van der Waals surface area contributed by atoms with Gasteiger partial charge >= 0.3 is 0 Å². The summed E-state index contributed by atoms with van der Waals surface area (Å²) in [6.07, 6.45) is 7.28. The lowest BCUT2D eigenvalue weighted by molar-refractivity contribution is -0.132. The van der Waals surface area contributed by atoms with Gasteiger partial charge in [0, 0.05) is 31.1 Å². The van der Waals surface area contributed by atoms with Gasteiger partial charge in [-0.15, -0.1) is 0 Å². The van der Waals surface area contributed by atoms with E-state index in [1.165, 1.54) is 5.56 Å². The van der Waals surface area contributed by atoms with Gasteiger partial charge in [-0.1, -0.05) is 0 Å². The van der Waals surface area contributed by atoms with Gasteiger partial charge in [0.25, 0.3) is 0 Å². The molecular weight excluding hydrogens is 326 g/mol. The van der Waals surface area contributed by atoms with Crippen LogP contribution in [0.15, 0.2) is 24.5 Å². The molecule has 0 bridgehead atoms. The number of carbonyl (C=O) groups excluding carboxylic acids is 1. The van der Waals surface area contributed by atoms with Crippen LogP contribution in [0.5, 0.6) is 0 Å². The number of hydrogen-bond acceptors (Lipinski definition) is 4. The third kappa shape index (κ3) is 3.77. The number of hydrogen-bond donors (Lipinski definition) is 0. The summed E-state index contributed by atoms with van der Waals surface area (Å²) in [7, 11) is 0. The van der Waals surface area contributed by atoms with Crippen LogP contribution in [0.3, 0.4) is 0 Å². The van der Waals surface area contributed by atoms with Crippen LogP contribution in [0, 0.1) is 25.2 Å². The molecule has 1 aliphatic rings. The van der Waals surface area contributed by atoms with Crippen molar-refractivity contribution in [2.24, 2.45) is 0 Å². The minimum absolute atomic E-state index is 0.172. The Hall–Kier alpha value is -2.68. The number of nitriles is 1. The first-order valence-electron chi connectivity index (χ1n) is 9.21. The molecule has 1 amide bonds. The highest BCUT2D eigenvalue weighted by Crippen LogP contribution is 2.32. The van der Waals surface area contributed by atoms with Gasteiger partial charge in [-0.05, 0) is 56.4 Å². The van der Waals surface area contributed by atoms with Crippen LogP contribution in [0.4, 0.5) is 0 Å². The summed E-state index contributed by atoms with van der Waals surface area (Å²) in [5.74, 6) is 0.202. The van der Waals surface area contributed by atoms with E-state index < -0.39 is 0 Å². The highest BCUT2D eigenvalue weighted by molar-refractivity contribution is 5.77. The molecule has 1 saturated heterocycles. The van der Waals surface area contributed by atoms with Crippen LogP contribution in [0.2, 0.25) is 0 Å². The van der Waals surface area contributed by atoms with Crippen molar-refractivity contribution in [2.75, 3.05) is 6.54 Å². The molecule has 136 valence electrons. The first-order chi connectivity index (χ1) is 12.6. The lowest BCUT2D eigenvalue weighted by Crippen LogP contribution is -2.30. The van der Waals surface area contributed by atoms with Gasteiger partial charge in [0.2, 0.25) is 5.91 Å². The number of pyridine rings is 1. The number of rotatable bonds is 6. The number of carbonyl (C=O) groups is 1. The van der Waals surface area contributed by atoms with Crippen LogP contribution in [0.25, 0.3) is 0 Å². The van der Waals surface area contributed by atoms with Crippen molar-refractivity contribution >= 4 is 5.91 Å². The Morgan fingerprint density at radius 2 is 2.12 bits per heavy atom. The smallest absolute Gasteiger partial charge is 0.223 e. The molecule has 1 atom stereocenters. The molecule has 3 heterocycles. The summed E-state index contributed by atoms with van der Waals surface area (Å²) >= 11 is 0. The molecule has 2 aromatic rings. The predicted octanol–water partition coefficient (Wildman–Crippen LogP) is 3.10. The maximum absolute atomic E-state index is 12.8. The van der Waals surface area contributed by atoms with Crippen molar-refractivity contribution in [2.45, 2.75) is 58.5 Å². The van der Waals surface area contributed by atoms with Crippen molar-refractivity contribution in [1.29, 1.82) is 5.26 Å². The summed E-state index contributed by atoms with van der Waals surface area (Å²) in [5.41, 5.74) is 4.33. The second-order valence-electron chi connectivity index (χ2n) is 6.81. The van der Waals surface area contributed by atoms with Gasteiger partial charge in [0.05, 0.1) is 30.8 Å². The van der Waals surface area contributed by atoms with Gasteiger partial charge in [-0.3, -0.25) is 14.5 Å². The van der Waals surface area contributed by atoms with Crippen LogP contribution in [0.1, 0.15) is 54.2 Å². The molecule has 6 heteroatoms. The van der Waals surface area contributed by atoms with Crippen molar-refractivity contribution in [3.05, 3.63) is 47.0 Å². The SMILES string of the molecule is Cc1nn(CCC#N)c(C)c1CCC(=O)N1CCCC1c1ccncc1. The zero-order chi connectivity index (χ0) is 18.5. The van der Waals surface area contributed by atoms with E-state index in [0.29, 0.717) is 25.8 Å². The Balaban J connectivity index is 1.66. The summed E-state index contributed by atoms with van der Waals surface area (Å²) in [4.78, 5) is 18.9. The molecule has 0 saturated carbocycles. The summed E-state index contributed by atoms with van der Waals surface area (Å²) in [6.45, 7) is 5.43. The molecule has 0 radical (unpaired) electrons. The third-order valence-corrected chi connectivity index (χ3v) is 5.22. The molecule has 2 aromatic heterocycles. The quantitative estimate of drug-likeness (QED) is 0.801. The Morgan fingerprint density at radius 1 is 1.35 bits per heavy atom. The van der Waals surface area contributed by atoms with E-state index in [9.17, 15) is 4.79 Å². The zero-order valence-corrected chi connectivity index (χ0v) is 15.5. The van der Waals surface area contributed by atoms with E-state index in [1.54, 1.807) is 12.4 Å². The first kappa shape index (κ1) is 18.1. The van der Waals surface area contributed by atoms with Crippen LogP contribution in [-0.4, -0.2) is 32.1 Å². The van der Waals surface area contributed by atoms with Gasteiger partial charge in [-0.25, -0.2) is 0 Å². The molecule has 0 spiro atoms. The highest BCUT2D eigenvalue weighted by atomic mass is 16.2. The number of aromatic nitrogens is 3. The average Bonchev–Trinajstić information content (AvgIpc) is 3.24. The van der Waals surface area contributed by atoms with Gasteiger partial charge < -0.3 is 4.90 Å². The zero-order valence-electron chi connectivity index (χ0n) is 15.5. The van der Waals surface area contributed by atoms with Crippen molar-refractivity contribution in [1.82, 2.24) is 19.7 Å². The maximum atomic E-state index is 12.8. The minimum Gasteiger partial charge on any atom is -0.336 e. The van der Waals surface area contributed by atoms with Gasteiger partial charge in [-0.2, -0.15) is 10.4 Å². The Bertz CT molecular complexity index is 806. The Labute approximate surface area is 154 Å². The largest absolute Gasteiger partial charge is 0.336 e. The van der Waals surface area contributed by atoms with Crippen molar-refractivity contribution in [3.8, 4) is 6.07 Å². The van der Waals surface area contributed by atoms with E-state index in [0.717, 1.165) is 36.3 Å². The minimum atomic E-state index is 0.172. The van der Waals surface area contributed by atoms with Crippen molar-refractivity contribution in [3.63, 3.8) is 0 Å². The summed E-state index contributed by atoms with van der Waals surface area (Å²) in [6, 6.07) is 6.33. The summed E-state index contributed by atoms with van der Waals surface area (Å²) in [5, 5.41) is 13.3. The van der Waals surface area contributed by atoms with Crippen LogP contribution in [-0.2, 0) is 17.8 Å². The standard InChI is InChI=1S/C20H25N5O/c1-15-18(16(2)25(23-15)14-4-10-21)6-7-20(26)24-13-3-5-19(24)17-8-11-22-12-9-17/h8-9,11-12,19H,3-7,13-14H2,1-2H3. The fraction of sp³-hybridized carbons (Fsp3) is 0.500. The molecular formula is C20H25N5O. The molecule has 0 N–H and O–H groups in total. The van der Waals surface area contributed by atoms with Crippen LogP contribution < -0.4 is 0 Å². The molecule has 6 nitrogen and oxygen atoms in total. The number of aryl methyl sites for hydroxylation is 2. The molecule has 26 heavy (non-hydrogen) atoms. The van der Waals surface area contributed by atoms with Crippen molar-refractivity contribution < 1.29 is 4.79 Å². The maximum Gasteiger partial charge on any atom is 0.223 e. The molecule has 0 aromatic carbocycles. The van der Waals surface area contributed by atoms with Gasteiger partial charge in [0.15, 0.2) is 0 Å². The topological polar surface area (TPSA) is 74.8 Å². The number of likely N-dealkylation sites (tertiary alicyclic amines) is 1. The van der Waals surface area contributed by atoms with Crippen LogP contribution >= 0.6 is 0 Å². The monoisotopic (exact) mass is 351 g/mol. The molecule has 1 aliphatic heterocycles. The molecule has 0 aliphatic carbocycles. The predicted molar refractivity (Wildman–Crippen MR) is 98.2 cm³/mol. The Morgan fingerprint density at radius 3 is 2.85 bits per heavy atom. The second-order valence-corrected chi connectivity index (χ2v) is 6.81. The summed E-state index contributed by atoms with van der Waals surface area (Å²) < 4.78 is 1.88.